The maximum atomic E-state index is 12.5. The standard InChI is InChI=1S/C33H52O12/c1-5-9-10-11-12-13-14-15-16-17-31(37)45-25-27-33(43-23-21-41-30(36)8-4)32(42-22-20-40-29(35)7-3)26(24-44-27)38-18-19-39-28(34)6-2/h6-8,26-27,32-33H,2-5,9-25H2,1H3. The maximum absolute atomic E-state index is 12.5. The van der Waals surface area contributed by atoms with Gasteiger partial charge in [-0.05, 0) is 6.42 Å². The van der Waals surface area contributed by atoms with E-state index in [0.717, 1.165) is 37.5 Å². The van der Waals surface area contributed by atoms with Crippen molar-refractivity contribution in [1.29, 1.82) is 0 Å². The van der Waals surface area contributed by atoms with Crippen molar-refractivity contribution in [3.05, 3.63) is 38.0 Å². The van der Waals surface area contributed by atoms with Crippen molar-refractivity contribution in [3.63, 3.8) is 0 Å². The highest BCUT2D eigenvalue weighted by Gasteiger charge is 2.43. The molecule has 4 unspecified atom stereocenters. The van der Waals surface area contributed by atoms with Crippen LogP contribution in [0, 0.1) is 0 Å². The molecule has 0 aliphatic carbocycles. The molecule has 12 nitrogen and oxygen atoms in total. The van der Waals surface area contributed by atoms with Gasteiger partial charge in [0.1, 0.15) is 50.8 Å². The molecule has 0 N–H and O–H groups in total. The quantitative estimate of drug-likeness (QED) is 0.0550. The van der Waals surface area contributed by atoms with Crippen LogP contribution in [-0.2, 0) is 57.1 Å². The summed E-state index contributed by atoms with van der Waals surface area (Å²) in [5, 5.41) is 0. The lowest BCUT2D eigenvalue weighted by atomic mass is 9.99. The van der Waals surface area contributed by atoms with Crippen LogP contribution in [-0.4, -0.2) is 101 Å². The zero-order valence-electron chi connectivity index (χ0n) is 26.8. The summed E-state index contributed by atoms with van der Waals surface area (Å²) in [6, 6.07) is 0. The zero-order valence-corrected chi connectivity index (χ0v) is 26.8. The highest BCUT2D eigenvalue weighted by molar-refractivity contribution is 5.81. The molecule has 0 amide bonds. The Bertz CT molecular complexity index is 889. The number of rotatable bonds is 27. The Hall–Kier alpha value is -3.06. The number of esters is 4. The van der Waals surface area contributed by atoms with Gasteiger partial charge in [-0.25, -0.2) is 14.4 Å². The lowest BCUT2D eigenvalue weighted by Crippen LogP contribution is -2.58. The Morgan fingerprint density at radius 1 is 0.622 bits per heavy atom. The van der Waals surface area contributed by atoms with Crippen LogP contribution in [0.25, 0.3) is 0 Å². The SMILES string of the molecule is C=CC(=O)OCCOC1COC(COC(=O)CCCCCCCCCCC)C(OCCOC(=O)C=C)C1OCCOC(=O)C=C. The number of carbonyl (C=O) groups excluding carboxylic acids is 4. The van der Waals surface area contributed by atoms with Gasteiger partial charge >= 0.3 is 23.9 Å². The summed E-state index contributed by atoms with van der Waals surface area (Å²) in [7, 11) is 0. The third kappa shape index (κ3) is 19.1. The summed E-state index contributed by atoms with van der Waals surface area (Å²) < 4.78 is 44.5. The molecule has 256 valence electrons. The third-order valence-electron chi connectivity index (χ3n) is 6.86. The van der Waals surface area contributed by atoms with Crippen molar-refractivity contribution in [2.45, 2.75) is 95.5 Å². The second-order valence-corrected chi connectivity index (χ2v) is 10.3. The van der Waals surface area contributed by atoms with Crippen LogP contribution in [0.15, 0.2) is 38.0 Å². The first-order valence-corrected chi connectivity index (χ1v) is 15.9. The first kappa shape index (κ1) is 40.0. The average Bonchev–Trinajstić information content (AvgIpc) is 3.05. The van der Waals surface area contributed by atoms with Crippen molar-refractivity contribution >= 4 is 23.9 Å². The molecule has 0 aromatic heterocycles. The van der Waals surface area contributed by atoms with Crippen molar-refractivity contribution in [3.8, 4) is 0 Å². The second-order valence-electron chi connectivity index (χ2n) is 10.3. The minimum Gasteiger partial charge on any atom is -0.463 e. The maximum Gasteiger partial charge on any atom is 0.330 e. The summed E-state index contributed by atoms with van der Waals surface area (Å²) in [4.78, 5) is 46.8. The molecule has 4 atom stereocenters. The van der Waals surface area contributed by atoms with E-state index in [1.54, 1.807) is 0 Å². The summed E-state index contributed by atoms with van der Waals surface area (Å²) >= 11 is 0. The van der Waals surface area contributed by atoms with E-state index in [1.807, 2.05) is 0 Å². The molecule has 0 radical (unpaired) electrons. The third-order valence-corrected chi connectivity index (χ3v) is 6.86. The number of hydrogen-bond donors (Lipinski definition) is 0. The number of hydrogen-bond acceptors (Lipinski definition) is 12. The molecule has 1 heterocycles. The Morgan fingerprint density at radius 3 is 1.60 bits per heavy atom. The van der Waals surface area contributed by atoms with E-state index in [1.165, 1.54) is 38.5 Å². The van der Waals surface area contributed by atoms with Crippen LogP contribution < -0.4 is 0 Å². The fraction of sp³-hybridized carbons (Fsp3) is 0.697. The molecule has 0 bridgehead atoms. The van der Waals surface area contributed by atoms with Crippen LogP contribution in [0.5, 0.6) is 0 Å². The molecule has 45 heavy (non-hydrogen) atoms. The first-order chi connectivity index (χ1) is 21.9. The van der Waals surface area contributed by atoms with Crippen LogP contribution in [0.1, 0.15) is 71.1 Å². The van der Waals surface area contributed by atoms with E-state index >= 15 is 0 Å². The van der Waals surface area contributed by atoms with Crippen molar-refractivity contribution in [2.24, 2.45) is 0 Å². The number of unbranched alkanes of at least 4 members (excludes halogenated alkanes) is 8. The largest absolute Gasteiger partial charge is 0.463 e. The van der Waals surface area contributed by atoms with E-state index in [4.69, 9.17) is 37.9 Å². The Kier molecular flexibility index (Phi) is 23.3. The van der Waals surface area contributed by atoms with Crippen molar-refractivity contribution in [1.82, 2.24) is 0 Å². The van der Waals surface area contributed by atoms with Gasteiger partial charge < -0.3 is 37.9 Å². The molecule has 0 aromatic rings. The molecule has 0 aromatic carbocycles. The van der Waals surface area contributed by atoms with E-state index in [2.05, 4.69) is 26.7 Å². The minimum atomic E-state index is -0.822. The van der Waals surface area contributed by atoms with Gasteiger partial charge in [0.25, 0.3) is 0 Å². The van der Waals surface area contributed by atoms with E-state index in [9.17, 15) is 19.2 Å². The molecule has 12 heteroatoms. The molecule has 1 aliphatic rings. The highest BCUT2D eigenvalue weighted by atomic mass is 16.6. The molecular formula is C33H52O12. The fourth-order valence-electron chi connectivity index (χ4n) is 4.52. The van der Waals surface area contributed by atoms with Gasteiger partial charge in [0.15, 0.2) is 0 Å². The predicted octanol–water partition coefficient (Wildman–Crippen LogP) is 4.19. The topological polar surface area (TPSA) is 142 Å². The summed E-state index contributed by atoms with van der Waals surface area (Å²) in [6.45, 7) is 12.1. The van der Waals surface area contributed by atoms with Crippen LogP contribution in [0.3, 0.4) is 0 Å². The molecule has 1 rings (SSSR count). The average molecular weight is 641 g/mol. The lowest BCUT2D eigenvalue weighted by Gasteiger charge is -2.41. The Morgan fingerprint density at radius 2 is 1.09 bits per heavy atom. The predicted molar refractivity (Wildman–Crippen MR) is 165 cm³/mol. The van der Waals surface area contributed by atoms with E-state index in [0.29, 0.717) is 6.42 Å². The van der Waals surface area contributed by atoms with Gasteiger partial charge in [0, 0.05) is 24.6 Å². The molecule has 1 fully saturated rings. The summed E-state index contributed by atoms with van der Waals surface area (Å²) in [5.74, 6) is -2.13. The fourth-order valence-corrected chi connectivity index (χ4v) is 4.52. The summed E-state index contributed by atoms with van der Waals surface area (Å²) in [5.41, 5.74) is 0. The molecular weight excluding hydrogens is 588 g/mol. The van der Waals surface area contributed by atoms with E-state index < -0.39 is 42.3 Å². The Balaban J connectivity index is 2.78. The first-order valence-electron chi connectivity index (χ1n) is 15.9. The monoisotopic (exact) mass is 640 g/mol. The zero-order chi connectivity index (χ0) is 33.1. The number of carbonyl (C=O) groups is 4. The summed E-state index contributed by atoms with van der Waals surface area (Å²) in [6.07, 6.45) is 10.7. The second kappa shape index (κ2) is 26.2. The molecule has 1 aliphatic heterocycles. The van der Waals surface area contributed by atoms with Gasteiger partial charge in [-0.2, -0.15) is 0 Å². The Labute approximate surface area is 267 Å². The molecule has 1 saturated heterocycles. The van der Waals surface area contributed by atoms with Crippen LogP contribution in [0.4, 0.5) is 0 Å². The normalized spacial score (nSPS) is 19.2. The van der Waals surface area contributed by atoms with Gasteiger partial charge in [-0.1, -0.05) is 78.0 Å². The lowest BCUT2D eigenvalue weighted by molar-refractivity contribution is -0.242. The minimum absolute atomic E-state index is 0.00796. The van der Waals surface area contributed by atoms with E-state index in [-0.39, 0.29) is 58.8 Å². The number of ether oxygens (including phenoxy) is 8. The van der Waals surface area contributed by atoms with Gasteiger partial charge in [0.2, 0.25) is 0 Å². The highest BCUT2D eigenvalue weighted by Crippen LogP contribution is 2.25. The molecule has 0 saturated carbocycles. The van der Waals surface area contributed by atoms with Crippen molar-refractivity contribution in [2.75, 3.05) is 52.9 Å². The van der Waals surface area contributed by atoms with Gasteiger partial charge in [0.05, 0.1) is 26.4 Å². The van der Waals surface area contributed by atoms with Gasteiger partial charge in [-0.3, -0.25) is 4.79 Å². The smallest absolute Gasteiger partial charge is 0.330 e. The van der Waals surface area contributed by atoms with Crippen LogP contribution >= 0.6 is 0 Å². The van der Waals surface area contributed by atoms with Crippen LogP contribution in [0.2, 0.25) is 0 Å². The van der Waals surface area contributed by atoms with Gasteiger partial charge in [-0.15, -0.1) is 0 Å². The molecule has 0 spiro atoms. The van der Waals surface area contributed by atoms with Crippen molar-refractivity contribution < 1.29 is 57.1 Å².